The van der Waals surface area contributed by atoms with E-state index in [4.69, 9.17) is 5.73 Å². The van der Waals surface area contributed by atoms with Gasteiger partial charge in [0.25, 0.3) is 0 Å². The molecule has 4 rings (SSSR count). The van der Waals surface area contributed by atoms with Crippen molar-refractivity contribution in [2.75, 3.05) is 48.3 Å². The molecule has 162 valence electrons. The first-order valence-electron chi connectivity index (χ1n) is 10.1. The van der Waals surface area contributed by atoms with E-state index in [-0.39, 0.29) is 29.6 Å². The van der Waals surface area contributed by atoms with Gasteiger partial charge in [-0.05, 0) is 36.8 Å². The molecule has 2 aliphatic heterocycles. The minimum absolute atomic E-state index is 0.111. The Morgan fingerprint density at radius 1 is 1.10 bits per heavy atom. The fourth-order valence-corrected chi connectivity index (χ4v) is 3.96. The number of nitrogen functional groups attached to an aromatic ring is 1. The molecular weight excluding hydrogens is 397 g/mol. The van der Waals surface area contributed by atoms with E-state index in [0.717, 1.165) is 25.9 Å². The van der Waals surface area contributed by atoms with Gasteiger partial charge in [0, 0.05) is 44.4 Å². The number of alkyl halides is 3. The Kier molecular flexibility index (Phi) is 5.44. The molecule has 0 aromatic carbocycles. The van der Waals surface area contributed by atoms with Gasteiger partial charge in [-0.25, -0.2) is 9.97 Å². The van der Waals surface area contributed by atoms with Gasteiger partial charge in [0.15, 0.2) is 5.69 Å². The molecule has 0 bridgehead atoms. The van der Waals surface area contributed by atoms with Crippen LogP contribution in [0.3, 0.4) is 0 Å². The average molecular weight is 422 g/mol. The Bertz CT molecular complexity index is 908. The van der Waals surface area contributed by atoms with Gasteiger partial charge in [-0.15, -0.1) is 0 Å². The van der Waals surface area contributed by atoms with Crippen LogP contribution in [0.4, 0.5) is 30.8 Å². The number of pyridine rings is 1. The molecule has 2 aromatic heterocycles. The molecule has 3 N–H and O–H groups in total. The number of piperidine rings is 1. The Morgan fingerprint density at radius 3 is 2.40 bits per heavy atom. The summed E-state index contributed by atoms with van der Waals surface area (Å²) < 4.78 is 40.9. The predicted molar refractivity (Wildman–Crippen MR) is 108 cm³/mol. The van der Waals surface area contributed by atoms with E-state index in [0.29, 0.717) is 30.8 Å². The highest BCUT2D eigenvalue weighted by Gasteiger charge is 2.37. The maximum Gasteiger partial charge on any atom is 0.434 e. The number of aliphatic hydroxyl groups is 1. The predicted octanol–water partition coefficient (Wildman–Crippen LogP) is 2.80. The lowest BCUT2D eigenvalue weighted by Gasteiger charge is -2.39. The minimum atomic E-state index is -4.65. The van der Waals surface area contributed by atoms with E-state index in [1.54, 1.807) is 6.07 Å². The summed E-state index contributed by atoms with van der Waals surface area (Å²) in [5.41, 5.74) is 4.54. The lowest BCUT2D eigenvalue weighted by Crippen LogP contribution is -2.46. The zero-order valence-corrected chi connectivity index (χ0v) is 16.7. The summed E-state index contributed by atoms with van der Waals surface area (Å²) in [5, 5.41) is 9.37. The Labute approximate surface area is 172 Å². The number of aliphatic hydroxyl groups excluding tert-OH is 1. The Balaban J connectivity index is 1.76. The van der Waals surface area contributed by atoms with E-state index in [9.17, 15) is 18.3 Å². The molecule has 2 aromatic rings. The van der Waals surface area contributed by atoms with Crippen molar-refractivity contribution in [3.63, 3.8) is 0 Å². The highest BCUT2D eigenvalue weighted by molar-refractivity contribution is 5.69. The first-order valence-corrected chi connectivity index (χ1v) is 10.1. The van der Waals surface area contributed by atoms with Gasteiger partial charge in [0.05, 0.1) is 5.69 Å². The number of nitrogens with two attached hydrogens (primary N) is 1. The molecule has 0 amide bonds. The summed E-state index contributed by atoms with van der Waals surface area (Å²) in [6.45, 7) is 5.15. The summed E-state index contributed by atoms with van der Waals surface area (Å²) in [4.78, 5) is 16.7. The third kappa shape index (κ3) is 4.14. The Hall–Kier alpha value is -2.62. The highest BCUT2D eigenvalue weighted by atomic mass is 19.4. The fourth-order valence-electron chi connectivity index (χ4n) is 3.96. The zero-order chi connectivity index (χ0) is 21.5. The van der Waals surface area contributed by atoms with Crippen molar-refractivity contribution < 1.29 is 18.3 Å². The van der Waals surface area contributed by atoms with Crippen LogP contribution in [0, 0.1) is 11.8 Å². The van der Waals surface area contributed by atoms with E-state index in [2.05, 4.69) is 21.9 Å². The van der Waals surface area contributed by atoms with Crippen LogP contribution in [-0.4, -0.2) is 52.8 Å². The van der Waals surface area contributed by atoms with Crippen molar-refractivity contribution in [2.45, 2.75) is 25.9 Å². The first kappa shape index (κ1) is 20.6. The van der Waals surface area contributed by atoms with Crippen LogP contribution < -0.4 is 15.5 Å². The van der Waals surface area contributed by atoms with E-state index in [1.807, 2.05) is 9.80 Å². The normalized spacial score (nSPS) is 18.6. The largest absolute Gasteiger partial charge is 0.434 e. The monoisotopic (exact) mass is 422 g/mol. The summed E-state index contributed by atoms with van der Waals surface area (Å²) >= 11 is 0. The van der Waals surface area contributed by atoms with Crippen LogP contribution in [0.25, 0.3) is 11.3 Å². The molecule has 10 heteroatoms. The van der Waals surface area contributed by atoms with Gasteiger partial charge >= 0.3 is 6.18 Å². The van der Waals surface area contributed by atoms with Crippen LogP contribution in [0.1, 0.15) is 25.5 Å². The van der Waals surface area contributed by atoms with Crippen LogP contribution in [0.2, 0.25) is 0 Å². The van der Waals surface area contributed by atoms with Gasteiger partial charge < -0.3 is 20.6 Å². The van der Waals surface area contributed by atoms with Crippen LogP contribution >= 0.6 is 0 Å². The van der Waals surface area contributed by atoms with Gasteiger partial charge in [-0.2, -0.15) is 18.2 Å². The molecule has 2 fully saturated rings. The van der Waals surface area contributed by atoms with Crippen molar-refractivity contribution >= 4 is 17.6 Å². The minimum Gasteiger partial charge on any atom is -0.396 e. The molecule has 0 unspecified atom stereocenters. The summed E-state index contributed by atoms with van der Waals surface area (Å²) in [6, 6.07) is 4.26. The second-order valence-corrected chi connectivity index (χ2v) is 8.16. The Morgan fingerprint density at radius 2 is 1.80 bits per heavy atom. The fraction of sp³-hybridized carbons (Fsp3) is 0.550. The molecule has 0 spiro atoms. The number of aromatic nitrogens is 3. The van der Waals surface area contributed by atoms with Gasteiger partial charge in [-0.3, -0.25) is 0 Å². The number of nitrogens with zero attached hydrogens (tertiary/aromatic N) is 5. The molecular formula is C20H25F3N6O. The van der Waals surface area contributed by atoms with Gasteiger partial charge in [-0.1, -0.05) is 6.92 Å². The molecule has 4 heterocycles. The SMILES string of the molecule is CC1CN(c2cc(-c3ccc(N)nc3C(F)(F)F)nc(N3CCC(CO)CC3)n2)C1. The number of rotatable bonds is 4. The van der Waals surface area contributed by atoms with E-state index in [1.165, 1.54) is 12.1 Å². The van der Waals surface area contributed by atoms with E-state index < -0.39 is 11.9 Å². The number of hydrogen-bond acceptors (Lipinski definition) is 7. The average Bonchev–Trinajstić information content (AvgIpc) is 2.70. The third-order valence-corrected chi connectivity index (χ3v) is 5.71. The molecule has 7 nitrogen and oxygen atoms in total. The molecule has 30 heavy (non-hydrogen) atoms. The van der Waals surface area contributed by atoms with Crippen LogP contribution in [0.15, 0.2) is 18.2 Å². The van der Waals surface area contributed by atoms with Crippen LogP contribution in [0.5, 0.6) is 0 Å². The lowest BCUT2D eigenvalue weighted by atomic mass is 9.98. The topological polar surface area (TPSA) is 91.4 Å². The summed E-state index contributed by atoms with van der Waals surface area (Å²) in [5.74, 6) is 1.57. The quantitative estimate of drug-likeness (QED) is 0.783. The highest BCUT2D eigenvalue weighted by Crippen LogP contribution is 2.37. The molecule has 0 radical (unpaired) electrons. The van der Waals surface area contributed by atoms with Crippen molar-refractivity contribution in [1.29, 1.82) is 0 Å². The summed E-state index contributed by atoms with van der Waals surface area (Å²) in [7, 11) is 0. The summed E-state index contributed by atoms with van der Waals surface area (Å²) in [6.07, 6.45) is -3.07. The second-order valence-electron chi connectivity index (χ2n) is 8.16. The van der Waals surface area contributed by atoms with Crippen molar-refractivity contribution in [2.24, 2.45) is 11.8 Å². The van der Waals surface area contributed by atoms with Gasteiger partial charge in [0.1, 0.15) is 11.6 Å². The molecule has 0 saturated carbocycles. The van der Waals surface area contributed by atoms with Gasteiger partial charge in [0.2, 0.25) is 5.95 Å². The third-order valence-electron chi connectivity index (χ3n) is 5.71. The van der Waals surface area contributed by atoms with Crippen molar-refractivity contribution in [1.82, 2.24) is 15.0 Å². The number of anilines is 3. The van der Waals surface area contributed by atoms with E-state index >= 15 is 0 Å². The zero-order valence-electron chi connectivity index (χ0n) is 16.7. The molecule has 2 saturated heterocycles. The standard InChI is InChI=1S/C20H25F3N6O/c1-12-9-29(10-12)17-8-15(14-2-3-16(24)26-18(14)20(21,22)23)25-19(27-17)28-6-4-13(11-30)5-7-28/h2-3,8,12-13,30H,4-7,9-11H2,1H3,(H2,24,26). The van der Waals surface area contributed by atoms with Crippen molar-refractivity contribution in [3.8, 4) is 11.3 Å². The maximum absolute atomic E-state index is 13.6. The van der Waals surface area contributed by atoms with Crippen molar-refractivity contribution in [3.05, 3.63) is 23.9 Å². The number of hydrogen-bond donors (Lipinski definition) is 2. The maximum atomic E-state index is 13.6. The van der Waals surface area contributed by atoms with Crippen LogP contribution in [-0.2, 0) is 6.18 Å². The molecule has 0 aliphatic carbocycles. The molecule has 0 atom stereocenters. The first-order chi connectivity index (χ1) is 14.2. The number of halogens is 3. The lowest BCUT2D eigenvalue weighted by molar-refractivity contribution is -0.140. The second kappa shape index (κ2) is 7.90. The molecule has 2 aliphatic rings. The smallest absolute Gasteiger partial charge is 0.396 e.